The van der Waals surface area contributed by atoms with E-state index in [-0.39, 0.29) is 17.7 Å². The zero-order valence-electron chi connectivity index (χ0n) is 14.8. The Kier molecular flexibility index (Phi) is 4.42. The summed E-state index contributed by atoms with van der Waals surface area (Å²) >= 11 is 1.50. The molecule has 4 rings (SSSR count). The SMILES string of the molecule is Cn1c(=O)n(C)c2cc(CNC(=O)c3ccc([C@H]4CCCO4)s3)ccc21. The lowest BCUT2D eigenvalue weighted by molar-refractivity contribution is 0.0955. The highest BCUT2D eigenvalue weighted by Crippen LogP contribution is 2.33. The van der Waals surface area contributed by atoms with Crippen molar-refractivity contribution in [2.75, 3.05) is 6.61 Å². The lowest BCUT2D eigenvalue weighted by Crippen LogP contribution is -2.21. The first kappa shape index (κ1) is 17.1. The molecule has 136 valence electrons. The normalized spacial score (nSPS) is 17.1. The molecule has 1 aliphatic heterocycles. The fraction of sp³-hybridized carbons (Fsp3) is 0.368. The predicted octanol–water partition coefficient (Wildman–Crippen LogP) is 2.72. The number of nitrogens with one attached hydrogen (secondary N) is 1. The van der Waals surface area contributed by atoms with E-state index in [1.54, 1.807) is 23.2 Å². The third-order valence-electron chi connectivity index (χ3n) is 4.89. The van der Waals surface area contributed by atoms with Crippen LogP contribution in [0.2, 0.25) is 0 Å². The number of amides is 1. The molecular weight excluding hydrogens is 350 g/mol. The van der Waals surface area contributed by atoms with Crippen molar-refractivity contribution in [1.82, 2.24) is 14.5 Å². The van der Waals surface area contributed by atoms with Gasteiger partial charge in [-0.1, -0.05) is 6.07 Å². The Labute approximate surface area is 155 Å². The number of ether oxygens (including phenoxy) is 1. The zero-order chi connectivity index (χ0) is 18.3. The van der Waals surface area contributed by atoms with Crippen LogP contribution in [0.4, 0.5) is 0 Å². The van der Waals surface area contributed by atoms with Crippen molar-refractivity contribution in [1.29, 1.82) is 0 Å². The zero-order valence-corrected chi connectivity index (χ0v) is 15.6. The number of benzene rings is 1. The monoisotopic (exact) mass is 371 g/mol. The van der Waals surface area contributed by atoms with Crippen LogP contribution in [0.15, 0.2) is 35.1 Å². The topological polar surface area (TPSA) is 65.3 Å². The lowest BCUT2D eigenvalue weighted by atomic mass is 10.2. The van der Waals surface area contributed by atoms with E-state index in [0.29, 0.717) is 11.4 Å². The van der Waals surface area contributed by atoms with Crippen LogP contribution in [0, 0.1) is 0 Å². The Morgan fingerprint density at radius 3 is 2.81 bits per heavy atom. The summed E-state index contributed by atoms with van der Waals surface area (Å²) in [6.45, 7) is 1.22. The van der Waals surface area contributed by atoms with Crippen molar-refractivity contribution in [3.63, 3.8) is 0 Å². The molecule has 0 radical (unpaired) electrons. The molecule has 0 spiro atoms. The van der Waals surface area contributed by atoms with Gasteiger partial charge in [-0.05, 0) is 42.7 Å². The first-order valence-electron chi connectivity index (χ1n) is 8.68. The summed E-state index contributed by atoms with van der Waals surface area (Å²) in [5.74, 6) is -0.0821. The first-order chi connectivity index (χ1) is 12.5. The molecule has 7 heteroatoms. The molecule has 6 nitrogen and oxygen atoms in total. The molecule has 1 saturated heterocycles. The van der Waals surface area contributed by atoms with E-state index in [0.717, 1.165) is 40.9 Å². The highest BCUT2D eigenvalue weighted by molar-refractivity contribution is 7.14. The maximum absolute atomic E-state index is 12.4. The standard InChI is InChI=1S/C19H21N3O3S/c1-21-13-6-5-12(10-14(13)22(2)19(21)24)11-20-18(23)17-8-7-16(26-17)15-4-3-9-25-15/h5-8,10,15H,3-4,9,11H2,1-2H3,(H,20,23)/t15-/m1/s1. The van der Waals surface area contributed by atoms with Gasteiger partial charge in [0.25, 0.3) is 5.91 Å². The molecule has 26 heavy (non-hydrogen) atoms. The number of aryl methyl sites for hydroxylation is 2. The molecule has 1 aliphatic rings. The molecule has 0 unspecified atom stereocenters. The minimum atomic E-state index is -0.0821. The molecule has 0 aliphatic carbocycles. The van der Waals surface area contributed by atoms with Gasteiger partial charge in [-0.3, -0.25) is 13.9 Å². The second kappa shape index (κ2) is 6.74. The van der Waals surface area contributed by atoms with Gasteiger partial charge in [0, 0.05) is 32.1 Å². The van der Waals surface area contributed by atoms with Gasteiger partial charge in [0.2, 0.25) is 0 Å². The molecular formula is C19H21N3O3S. The van der Waals surface area contributed by atoms with Gasteiger partial charge >= 0.3 is 5.69 Å². The van der Waals surface area contributed by atoms with Gasteiger partial charge in [0.15, 0.2) is 0 Å². The maximum Gasteiger partial charge on any atom is 0.328 e. The molecule has 1 fully saturated rings. The smallest absolute Gasteiger partial charge is 0.328 e. The molecule has 3 aromatic rings. The summed E-state index contributed by atoms with van der Waals surface area (Å²) in [5, 5.41) is 2.96. The van der Waals surface area contributed by atoms with E-state index >= 15 is 0 Å². The Balaban J connectivity index is 1.46. The number of imidazole rings is 1. The Hall–Kier alpha value is -2.38. The van der Waals surface area contributed by atoms with Crippen molar-refractivity contribution in [3.8, 4) is 0 Å². The molecule has 1 atom stereocenters. The van der Waals surface area contributed by atoms with Crippen LogP contribution in [0.1, 0.15) is 39.1 Å². The van der Waals surface area contributed by atoms with Gasteiger partial charge in [-0.2, -0.15) is 0 Å². The molecule has 1 aromatic carbocycles. The summed E-state index contributed by atoms with van der Waals surface area (Å²) < 4.78 is 8.91. The Morgan fingerprint density at radius 2 is 2.04 bits per heavy atom. The van der Waals surface area contributed by atoms with E-state index < -0.39 is 0 Å². The molecule has 3 heterocycles. The number of hydrogen-bond acceptors (Lipinski definition) is 4. The average Bonchev–Trinajstić information content (AvgIpc) is 3.38. The summed E-state index contributed by atoms with van der Waals surface area (Å²) in [4.78, 5) is 26.3. The van der Waals surface area contributed by atoms with Crippen LogP contribution in [0.25, 0.3) is 11.0 Å². The first-order valence-corrected chi connectivity index (χ1v) is 9.50. The van der Waals surface area contributed by atoms with Crippen molar-refractivity contribution < 1.29 is 9.53 Å². The van der Waals surface area contributed by atoms with E-state index in [2.05, 4.69) is 5.32 Å². The van der Waals surface area contributed by atoms with Crippen molar-refractivity contribution in [3.05, 3.63) is 56.1 Å². The number of thiophene rings is 1. The van der Waals surface area contributed by atoms with Crippen molar-refractivity contribution in [2.24, 2.45) is 14.1 Å². The van der Waals surface area contributed by atoms with E-state index in [4.69, 9.17) is 4.74 Å². The van der Waals surface area contributed by atoms with E-state index in [9.17, 15) is 9.59 Å². The van der Waals surface area contributed by atoms with Gasteiger partial charge in [-0.15, -0.1) is 11.3 Å². The largest absolute Gasteiger partial charge is 0.373 e. The molecule has 0 saturated carbocycles. The molecule has 2 aromatic heterocycles. The molecule has 0 bridgehead atoms. The van der Waals surface area contributed by atoms with E-state index in [1.807, 2.05) is 30.3 Å². The van der Waals surface area contributed by atoms with Crippen LogP contribution in [-0.4, -0.2) is 21.6 Å². The summed E-state index contributed by atoms with van der Waals surface area (Å²) in [6.07, 6.45) is 2.25. The quantitative estimate of drug-likeness (QED) is 0.767. The Bertz CT molecular complexity index is 1020. The molecule has 1 N–H and O–H groups in total. The average molecular weight is 371 g/mol. The second-order valence-electron chi connectivity index (χ2n) is 6.61. The highest BCUT2D eigenvalue weighted by Gasteiger charge is 2.20. The van der Waals surface area contributed by atoms with Crippen molar-refractivity contribution in [2.45, 2.75) is 25.5 Å². The Morgan fingerprint density at radius 1 is 1.23 bits per heavy atom. The summed E-state index contributed by atoms with van der Waals surface area (Å²) in [5.41, 5.74) is 2.65. The van der Waals surface area contributed by atoms with Gasteiger partial charge in [0.1, 0.15) is 0 Å². The molecule has 1 amide bonds. The van der Waals surface area contributed by atoms with E-state index in [1.165, 1.54) is 11.3 Å². The summed E-state index contributed by atoms with van der Waals surface area (Å²) in [7, 11) is 3.51. The maximum atomic E-state index is 12.4. The minimum absolute atomic E-state index is 0.0542. The number of aromatic nitrogens is 2. The number of hydrogen-bond donors (Lipinski definition) is 1. The van der Waals surface area contributed by atoms with Crippen LogP contribution >= 0.6 is 11.3 Å². The third kappa shape index (κ3) is 2.97. The lowest BCUT2D eigenvalue weighted by Gasteiger charge is -2.06. The van der Waals surface area contributed by atoms with Crippen molar-refractivity contribution >= 4 is 28.3 Å². The van der Waals surface area contributed by atoms with Gasteiger partial charge in [-0.25, -0.2) is 4.79 Å². The minimum Gasteiger partial charge on any atom is -0.373 e. The van der Waals surface area contributed by atoms with Gasteiger partial charge < -0.3 is 10.1 Å². The fourth-order valence-electron chi connectivity index (χ4n) is 3.38. The fourth-order valence-corrected chi connectivity index (χ4v) is 4.39. The van der Waals surface area contributed by atoms with Gasteiger partial charge in [0.05, 0.1) is 22.0 Å². The highest BCUT2D eigenvalue weighted by atomic mass is 32.1. The second-order valence-corrected chi connectivity index (χ2v) is 7.73. The summed E-state index contributed by atoms with van der Waals surface area (Å²) in [6, 6.07) is 9.65. The number of rotatable bonds is 4. The van der Waals surface area contributed by atoms with Crippen LogP contribution < -0.4 is 11.0 Å². The number of fused-ring (bicyclic) bond motifs is 1. The predicted molar refractivity (Wildman–Crippen MR) is 102 cm³/mol. The van der Waals surface area contributed by atoms with Crippen LogP contribution in [0.5, 0.6) is 0 Å². The third-order valence-corrected chi connectivity index (χ3v) is 6.06. The number of carbonyl (C=O) groups excluding carboxylic acids is 1. The number of nitrogens with zero attached hydrogens (tertiary/aromatic N) is 2. The van der Waals surface area contributed by atoms with Crippen LogP contribution in [-0.2, 0) is 25.4 Å². The number of carbonyl (C=O) groups is 1. The van der Waals surface area contributed by atoms with Crippen LogP contribution in [0.3, 0.4) is 0 Å².